The molecule has 3 heteroatoms. The highest BCUT2D eigenvalue weighted by atomic mass is 127. The molecular formula is C10H22INO. The van der Waals surface area contributed by atoms with Crippen molar-refractivity contribution in [3.05, 3.63) is 0 Å². The van der Waals surface area contributed by atoms with E-state index >= 15 is 0 Å². The van der Waals surface area contributed by atoms with Crippen LogP contribution in [0.5, 0.6) is 0 Å². The number of ether oxygens (including phenoxy) is 1. The van der Waals surface area contributed by atoms with Gasteiger partial charge in [0.05, 0.1) is 5.60 Å². The van der Waals surface area contributed by atoms with E-state index in [-0.39, 0.29) is 5.60 Å². The molecule has 0 saturated heterocycles. The van der Waals surface area contributed by atoms with Gasteiger partial charge in [-0.05, 0) is 33.2 Å². The van der Waals surface area contributed by atoms with Crippen LogP contribution in [0.1, 0.15) is 40.5 Å². The number of halogens is 1. The standard InChI is InChI=1S/C10H22INO/c1-9(2,11)6-8-13-10(3,4)5-7-12/h5-8,12H2,1-4H3. The summed E-state index contributed by atoms with van der Waals surface area (Å²) in [7, 11) is 0. The van der Waals surface area contributed by atoms with Crippen LogP contribution < -0.4 is 5.73 Å². The largest absolute Gasteiger partial charge is 0.375 e. The Bertz CT molecular complexity index is 140. The lowest BCUT2D eigenvalue weighted by atomic mass is 10.1. The molecule has 0 bridgehead atoms. The average molecular weight is 299 g/mol. The van der Waals surface area contributed by atoms with Crippen LogP contribution in [0.2, 0.25) is 0 Å². The lowest BCUT2D eigenvalue weighted by Crippen LogP contribution is -2.29. The maximum Gasteiger partial charge on any atom is 0.0638 e. The summed E-state index contributed by atoms with van der Waals surface area (Å²) in [5.41, 5.74) is 5.43. The first-order valence-corrected chi connectivity index (χ1v) is 5.88. The van der Waals surface area contributed by atoms with Gasteiger partial charge in [0.15, 0.2) is 0 Å². The summed E-state index contributed by atoms with van der Waals surface area (Å²) in [6.07, 6.45) is 2.01. The Morgan fingerprint density at radius 3 is 2.08 bits per heavy atom. The van der Waals surface area contributed by atoms with Crippen molar-refractivity contribution in [2.75, 3.05) is 13.2 Å². The van der Waals surface area contributed by atoms with Gasteiger partial charge in [-0.15, -0.1) is 0 Å². The SMILES string of the molecule is CC(C)(I)CCOC(C)(C)CCN. The summed E-state index contributed by atoms with van der Waals surface area (Å²) in [6.45, 7) is 10.1. The fourth-order valence-electron chi connectivity index (χ4n) is 0.990. The quantitative estimate of drug-likeness (QED) is 0.604. The van der Waals surface area contributed by atoms with E-state index in [0.29, 0.717) is 9.97 Å². The zero-order valence-corrected chi connectivity index (χ0v) is 11.3. The lowest BCUT2D eigenvalue weighted by Gasteiger charge is -2.26. The fraction of sp³-hybridized carbons (Fsp3) is 1.00. The Hall–Kier alpha value is 0.650. The predicted octanol–water partition coefficient (Wildman–Crippen LogP) is 2.73. The van der Waals surface area contributed by atoms with Crippen molar-refractivity contribution in [1.29, 1.82) is 0 Å². The van der Waals surface area contributed by atoms with E-state index in [2.05, 4.69) is 50.3 Å². The van der Waals surface area contributed by atoms with Gasteiger partial charge in [-0.25, -0.2) is 0 Å². The number of nitrogens with two attached hydrogens (primary N) is 1. The van der Waals surface area contributed by atoms with Crippen molar-refractivity contribution in [3.63, 3.8) is 0 Å². The summed E-state index contributed by atoms with van der Waals surface area (Å²) in [4.78, 5) is 0. The van der Waals surface area contributed by atoms with Gasteiger partial charge in [-0.1, -0.05) is 36.4 Å². The Labute approximate surface area is 95.7 Å². The van der Waals surface area contributed by atoms with Gasteiger partial charge >= 0.3 is 0 Å². The third kappa shape index (κ3) is 8.97. The molecule has 0 aromatic heterocycles. The summed E-state index contributed by atoms with van der Waals surface area (Å²) in [5, 5.41) is 0. The second kappa shape index (κ2) is 5.51. The minimum atomic E-state index is -0.0589. The second-order valence-electron chi connectivity index (χ2n) is 4.62. The van der Waals surface area contributed by atoms with Crippen molar-refractivity contribution in [2.45, 2.75) is 49.6 Å². The van der Waals surface area contributed by atoms with Crippen LogP contribution in [0.25, 0.3) is 0 Å². The van der Waals surface area contributed by atoms with Crippen molar-refractivity contribution in [3.8, 4) is 0 Å². The minimum Gasteiger partial charge on any atom is -0.375 e. The molecule has 13 heavy (non-hydrogen) atoms. The van der Waals surface area contributed by atoms with E-state index in [9.17, 15) is 0 Å². The smallest absolute Gasteiger partial charge is 0.0638 e. The summed E-state index contributed by atoms with van der Waals surface area (Å²) in [6, 6.07) is 0. The molecule has 0 aliphatic carbocycles. The van der Waals surface area contributed by atoms with Crippen molar-refractivity contribution in [1.82, 2.24) is 0 Å². The van der Waals surface area contributed by atoms with Crippen molar-refractivity contribution >= 4 is 22.6 Å². The molecule has 0 aliphatic heterocycles. The summed E-state index contributed by atoms with van der Waals surface area (Å²) >= 11 is 2.44. The fourth-order valence-corrected chi connectivity index (χ4v) is 1.21. The van der Waals surface area contributed by atoms with Crippen LogP contribution in [0, 0.1) is 0 Å². The normalized spacial score (nSPS) is 13.4. The Kier molecular flexibility index (Phi) is 5.79. The molecule has 0 amide bonds. The van der Waals surface area contributed by atoms with Gasteiger partial charge in [0.1, 0.15) is 0 Å². The van der Waals surface area contributed by atoms with Crippen LogP contribution in [-0.4, -0.2) is 22.2 Å². The number of hydrogen-bond acceptors (Lipinski definition) is 2. The number of alkyl halides is 1. The van der Waals surface area contributed by atoms with E-state index in [1.54, 1.807) is 0 Å². The number of hydrogen-bond donors (Lipinski definition) is 1. The molecule has 0 unspecified atom stereocenters. The zero-order valence-electron chi connectivity index (χ0n) is 9.19. The highest BCUT2D eigenvalue weighted by molar-refractivity contribution is 14.1. The summed E-state index contributed by atoms with van der Waals surface area (Å²) in [5.74, 6) is 0. The molecule has 0 heterocycles. The van der Waals surface area contributed by atoms with E-state index in [1.165, 1.54) is 0 Å². The molecule has 0 radical (unpaired) electrons. The molecule has 0 spiro atoms. The van der Waals surface area contributed by atoms with Gasteiger partial charge in [0, 0.05) is 10.0 Å². The van der Waals surface area contributed by atoms with Crippen LogP contribution in [-0.2, 0) is 4.74 Å². The molecule has 2 nitrogen and oxygen atoms in total. The van der Waals surface area contributed by atoms with Crippen LogP contribution in [0.4, 0.5) is 0 Å². The summed E-state index contributed by atoms with van der Waals surface area (Å²) < 4.78 is 6.09. The first-order valence-electron chi connectivity index (χ1n) is 4.80. The van der Waals surface area contributed by atoms with Gasteiger partial charge < -0.3 is 10.5 Å². The molecular weight excluding hydrogens is 277 g/mol. The first kappa shape index (κ1) is 13.7. The Balaban J connectivity index is 3.63. The molecule has 0 rings (SSSR count). The maximum absolute atomic E-state index is 5.76. The molecule has 0 atom stereocenters. The number of rotatable bonds is 6. The molecule has 2 N–H and O–H groups in total. The van der Waals surface area contributed by atoms with E-state index < -0.39 is 0 Å². The third-order valence-corrected chi connectivity index (χ3v) is 2.48. The maximum atomic E-state index is 5.76. The van der Waals surface area contributed by atoms with E-state index in [0.717, 1.165) is 19.4 Å². The van der Waals surface area contributed by atoms with Gasteiger partial charge in [0.25, 0.3) is 0 Å². The Morgan fingerprint density at radius 1 is 1.15 bits per heavy atom. The van der Waals surface area contributed by atoms with Gasteiger partial charge in [-0.2, -0.15) is 0 Å². The molecule has 0 saturated carbocycles. The van der Waals surface area contributed by atoms with E-state index in [1.807, 2.05) is 0 Å². The first-order chi connectivity index (χ1) is 5.77. The average Bonchev–Trinajstić information content (AvgIpc) is 1.82. The molecule has 0 aromatic carbocycles. The van der Waals surface area contributed by atoms with Crippen LogP contribution in [0.3, 0.4) is 0 Å². The third-order valence-electron chi connectivity index (χ3n) is 1.94. The molecule has 80 valence electrons. The molecule has 0 fully saturated rings. The van der Waals surface area contributed by atoms with E-state index in [4.69, 9.17) is 10.5 Å². The van der Waals surface area contributed by atoms with Crippen molar-refractivity contribution < 1.29 is 4.74 Å². The lowest BCUT2D eigenvalue weighted by molar-refractivity contribution is -0.0241. The zero-order chi connectivity index (χ0) is 10.5. The highest BCUT2D eigenvalue weighted by Crippen LogP contribution is 2.23. The highest BCUT2D eigenvalue weighted by Gasteiger charge is 2.19. The predicted molar refractivity (Wildman–Crippen MR) is 66.4 cm³/mol. The van der Waals surface area contributed by atoms with Crippen LogP contribution >= 0.6 is 22.6 Å². The second-order valence-corrected chi connectivity index (χ2v) is 7.54. The minimum absolute atomic E-state index is 0.0589. The monoisotopic (exact) mass is 299 g/mol. The Morgan fingerprint density at radius 2 is 1.69 bits per heavy atom. The van der Waals surface area contributed by atoms with Gasteiger partial charge in [0.2, 0.25) is 0 Å². The van der Waals surface area contributed by atoms with Crippen molar-refractivity contribution in [2.24, 2.45) is 5.73 Å². The topological polar surface area (TPSA) is 35.2 Å². The molecule has 0 aliphatic rings. The van der Waals surface area contributed by atoms with Crippen LogP contribution in [0.15, 0.2) is 0 Å². The molecule has 0 aromatic rings. The van der Waals surface area contributed by atoms with Gasteiger partial charge in [-0.3, -0.25) is 0 Å².